The van der Waals surface area contributed by atoms with Crippen LogP contribution in [0.15, 0.2) is 16.6 Å². The predicted molar refractivity (Wildman–Crippen MR) is 57.5 cm³/mol. The zero-order chi connectivity index (χ0) is 9.26. The molecule has 0 saturated heterocycles. The molecule has 0 fully saturated rings. The molecule has 0 saturated carbocycles. The lowest BCUT2D eigenvalue weighted by molar-refractivity contribution is 0.415. The van der Waals surface area contributed by atoms with Gasteiger partial charge in [-0.15, -0.1) is 0 Å². The Morgan fingerprint density at radius 3 is 3.08 bits per heavy atom. The van der Waals surface area contributed by atoms with E-state index in [9.17, 15) is 0 Å². The van der Waals surface area contributed by atoms with Crippen LogP contribution in [0.2, 0.25) is 0 Å². The summed E-state index contributed by atoms with van der Waals surface area (Å²) in [4.78, 5) is 0. The maximum Gasteiger partial charge on any atom is 0.143 e. The van der Waals surface area contributed by atoms with Crippen LogP contribution in [0.1, 0.15) is 12.0 Å². The Kier molecular flexibility index (Phi) is 2.44. The van der Waals surface area contributed by atoms with Gasteiger partial charge in [0.05, 0.1) is 12.8 Å². The maximum absolute atomic E-state index is 5.30. The third-order valence-electron chi connectivity index (χ3n) is 2.29. The standard InChI is InChI=1S/C10H12BrNO/c1-13-9-6-8(11)5-7-3-2-4-12-10(7)9/h5-6,12H,2-4H2,1H3. The highest BCUT2D eigenvalue weighted by molar-refractivity contribution is 9.10. The fraction of sp³-hybridized carbons (Fsp3) is 0.400. The number of anilines is 1. The number of aryl methyl sites for hydroxylation is 1. The van der Waals surface area contributed by atoms with Crippen molar-refractivity contribution in [2.75, 3.05) is 19.0 Å². The van der Waals surface area contributed by atoms with Gasteiger partial charge < -0.3 is 10.1 Å². The highest BCUT2D eigenvalue weighted by Gasteiger charge is 2.13. The van der Waals surface area contributed by atoms with Gasteiger partial charge in [0.25, 0.3) is 0 Å². The molecule has 0 aromatic heterocycles. The van der Waals surface area contributed by atoms with Gasteiger partial charge in [-0.05, 0) is 30.5 Å². The predicted octanol–water partition coefficient (Wildman–Crippen LogP) is 2.82. The zero-order valence-corrected chi connectivity index (χ0v) is 9.15. The van der Waals surface area contributed by atoms with Crippen molar-refractivity contribution in [3.05, 3.63) is 22.2 Å². The van der Waals surface area contributed by atoms with Gasteiger partial charge >= 0.3 is 0 Å². The molecule has 0 amide bonds. The van der Waals surface area contributed by atoms with E-state index in [0.29, 0.717) is 0 Å². The summed E-state index contributed by atoms with van der Waals surface area (Å²) in [5, 5.41) is 3.36. The highest BCUT2D eigenvalue weighted by atomic mass is 79.9. The fourth-order valence-corrected chi connectivity index (χ4v) is 2.17. The van der Waals surface area contributed by atoms with Crippen LogP contribution in [-0.4, -0.2) is 13.7 Å². The maximum atomic E-state index is 5.30. The van der Waals surface area contributed by atoms with E-state index in [2.05, 4.69) is 27.3 Å². The van der Waals surface area contributed by atoms with Crippen LogP contribution in [0.25, 0.3) is 0 Å². The van der Waals surface area contributed by atoms with E-state index in [0.717, 1.165) is 28.9 Å². The molecule has 0 spiro atoms. The molecule has 1 aromatic carbocycles. The van der Waals surface area contributed by atoms with Gasteiger partial charge in [0.15, 0.2) is 0 Å². The first kappa shape index (κ1) is 8.88. The molecule has 3 heteroatoms. The number of hydrogen-bond acceptors (Lipinski definition) is 2. The quantitative estimate of drug-likeness (QED) is 0.817. The van der Waals surface area contributed by atoms with E-state index < -0.39 is 0 Å². The molecule has 0 radical (unpaired) electrons. The zero-order valence-electron chi connectivity index (χ0n) is 7.56. The second kappa shape index (κ2) is 3.58. The van der Waals surface area contributed by atoms with Crippen LogP contribution in [0.5, 0.6) is 5.75 Å². The second-order valence-corrected chi connectivity index (χ2v) is 4.09. The molecule has 0 aliphatic carbocycles. The van der Waals surface area contributed by atoms with E-state index in [1.54, 1.807) is 7.11 Å². The molecule has 2 nitrogen and oxygen atoms in total. The summed E-state index contributed by atoms with van der Waals surface area (Å²) in [5.74, 6) is 0.934. The van der Waals surface area contributed by atoms with Crippen LogP contribution < -0.4 is 10.1 Å². The fourth-order valence-electron chi connectivity index (χ4n) is 1.69. The molecule has 1 aromatic rings. The number of benzene rings is 1. The molecule has 0 unspecified atom stereocenters. The molecule has 0 atom stereocenters. The number of halogens is 1. The minimum Gasteiger partial charge on any atom is -0.495 e. The SMILES string of the molecule is COc1cc(Br)cc2c1NCCC2. The monoisotopic (exact) mass is 241 g/mol. The van der Waals surface area contributed by atoms with E-state index >= 15 is 0 Å². The lowest BCUT2D eigenvalue weighted by Crippen LogP contribution is -2.12. The topological polar surface area (TPSA) is 21.3 Å². The van der Waals surface area contributed by atoms with E-state index in [1.165, 1.54) is 12.0 Å². The van der Waals surface area contributed by atoms with Crippen LogP contribution in [-0.2, 0) is 6.42 Å². The van der Waals surface area contributed by atoms with Gasteiger partial charge in [0.2, 0.25) is 0 Å². The molecule has 1 aliphatic rings. The van der Waals surface area contributed by atoms with Crippen molar-refractivity contribution in [3.8, 4) is 5.75 Å². The Hall–Kier alpha value is -0.700. The second-order valence-electron chi connectivity index (χ2n) is 3.17. The van der Waals surface area contributed by atoms with Gasteiger partial charge in [0.1, 0.15) is 5.75 Å². The normalized spacial score (nSPS) is 14.6. The van der Waals surface area contributed by atoms with Crippen molar-refractivity contribution in [1.82, 2.24) is 0 Å². The first-order chi connectivity index (χ1) is 6.31. The largest absolute Gasteiger partial charge is 0.495 e. The number of fused-ring (bicyclic) bond motifs is 1. The van der Waals surface area contributed by atoms with E-state index in [1.807, 2.05) is 6.07 Å². The highest BCUT2D eigenvalue weighted by Crippen LogP contribution is 2.35. The number of nitrogens with one attached hydrogen (secondary N) is 1. The van der Waals surface area contributed by atoms with E-state index in [-0.39, 0.29) is 0 Å². The minimum atomic E-state index is 0.934. The van der Waals surface area contributed by atoms with Gasteiger partial charge in [-0.3, -0.25) is 0 Å². The van der Waals surface area contributed by atoms with Gasteiger partial charge in [0, 0.05) is 11.0 Å². The number of methoxy groups -OCH3 is 1. The molecule has 70 valence electrons. The van der Waals surface area contributed by atoms with Crippen molar-refractivity contribution in [3.63, 3.8) is 0 Å². The van der Waals surface area contributed by atoms with Crippen LogP contribution in [0.4, 0.5) is 5.69 Å². The van der Waals surface area contributed by atoms with Crippen molar-refractivity contribution in [1.29, 1.82) is 0 Å². The summed E-state index contributed by atoms with van der Waals surface area (Å²) in [7, 11) is 1.71. The summed E-state index contributed by atoms with van der Waals surface area (Å²) < 4.78 is 6.39. The molecule has 1 heterocycles. The average Bonchev–Trinajstić information content (AvgIpc) is 2.16. The van der Waals surface area contributed by atoms with Crippen molar-refractivity contribution in [2.24, 2.45) is 0 Å². The third kappa shape index (κ3) is 1.66. The minimum absolute atomic E-state index is 0.934. The number of rotatable bonds is 1. The van der Waals surface area contributed by atoms with Crippen molar-refractivity contribution >= 4 is 21.6 Å². The summed E-state index contributed by atoms with van der Waals surface area (Å²) >= 11 is 3.47. The van der Waals surface area contributed by atoms with Crippen LogP contribution >= 0.6 is 15.9 Å². The molecule has 2 rings (SSSR count). The van der Waals surface area contributed by atoms with Gasteiger partial charge in [-0.2, -0.15) is 0 Å². The Bertz CT molecular complexity index is 308. The van der Waals surface area contributed by atoms with Crippen LogP contribution in [0, 0.1) is 0 Å². The lowest BCUT2D eigenvalue weighted by atomic mass is 10.0. The molecule has 1 N–H and O–H groups in total. The Labute approximate surface area is 86.4 Å². The van der Waals surface area contributed by atoms with Gasteiger partial charge in [-0.25, -0.2) is 0 Å². The van der Waals surface area contributed by atoms with Gasteiger partial charge in [-0.1, -0.05) is 15.9 Å². The van der Waals surface area contributed by atoms with Crippen molar-refractivity contribution < 1.29 is 4.74 Å². The van der Waals surface area contributed by atoms with Crippen LogP contribution in [0.3, 0.4) is 0 Å². The molecule has 0 bridgehead atoms. The lowest BCUT2D eigenvalue weighted by Gasteiger charge is -2.20. The summed E-state index contributed by atoms with van der Waals surface area (Å²) in [6.07, 6.45) is 2.34. The van der Waals surface area contributed by atoms with E-state index in [4.69, 9.17) is 4.74 Å². The summed E-state index contributed by atoms with van der Waals surface area (Å²) in [6.45, 7) is 1.05. The smallest absolute Gasteiger partial charge is 0.143 e. The molecular weight excluding hydrogens is 230 g/mol. The first-order valence-corrected chi connectivity index (χ1v) is 5.21. The number of ether oxygens (including phenoxy) is 1. The Morgan fingerprint density at radius 1 is 1.46 bits per heavy atom. The Morgan fingerprint density at radius 2 is 2.31 bits per heavy atom. The molecular formula is C10H12BrNO. The average molecular weight is 242 g/mol. The Balaban J connectivity index is 2.50. The van der Waals surface area contributed by atoms with Crippen molar-refractivity contribution in [2.45, 2.75) is 12.8 Å². The summed E-state index contributed by atoms with van der Waals surface area (Å²) in [5.41, 5.74) is 2.51. The third-order valence-corrected chi connectivity index (χ3v) is 2.75. The summed E-state index contributed by atoms with van der Waals surface area (Å²) in [6, 6.07) is 4.15. The molecule has 13 heavy (non-hydrogen) atoms. The molecule has 1 aliphatic heterocycles. The number of hydrogen-bond donors (Lipinski definition) is 1. The first-order valence-electron chi connectivity index (χ1n) is 4.41.